The summed E-state index contributed by atoms with van der Waals surface area (Å²) in [5, 5.41) is 19.9. The Balaban J connectivity index is 0.000000497. The maximum atomic E-state index is 15.9. The van der Waals surface area contributed by atoms with E-state index in [0.29, 0.717) is 19.2 Å². The van der Waals surface area contributed by atoms with Gasteiger partial charge < -0.3 is 43.0 Å². The van der Waals surface area contributed by atoms with Crippen molar-refractivity contribution in [2.24, 2.45) is 5.92 Å². The molecule has 3 saturated heterocycles. The van der Waals surface area contributed by atoms with Crippen molar-refractivity contribution in [2.45, 2.75) is 180 Å². The van der Waals surface area contributed by atoms with Crippen molar-refractivity contribution < 1.29 is 66.2 Å². The quantitative estimate of drug-likeness (QED) is 0.134. The van der Waals surface area contributed by atoms with Gasteiger partial charge in [0.25, 0.3) is 0 Å². The predicted octanol–water partition coefficient (Wildman–Crippen LogP) is 5.70. The highest BCUT2D eigenvalue weighted by molar-refractivity contribution is 6.45. The molecule has 0 bridgehead atoms. The molecule has 54 heavy (non-hydrogen) atoms. The van der Waals surface area contributed by atoms with Gasteiger partial charge in [-0.25, -0.2) is 18.4 Å². The highest BCUT2D eigenvalue weighted by Gasteiger charge is 2.61. The molecule has 1 amide bonds. The lowest BCUT2D eigenvalue weighted by atomic mass is 9.78. The number of hydrogen-bond donors (Lipinski definition) is 2. The number of aliphatic hydroxyl groups excluding tert-OH is 2. The molecule has 6 atom stereocenters. The molecule has 0 aromatic carbocycles. The smallest absolute Gasteiger partial charge is 0.469 e. The molecule has 1 saturated carbocycles. The van der Waals surface area contributed by atoms with Crippen LogP contribution >= 0.6 is 0 Å². The first-order valence-corrected chi connectivity index (χ1v) is 18.1. The number of carbonyl (C=O) groups excluding carboxylic acids is 3. The third-order valence-corrected chi connectivity index (χ3v) is 11.0. The van der Waals surface area contributed by atoms with Gasteiger partial charge in [0, 0.05) is 6.42 Å². The number of ether oxygens (including phenoxy) is 3. The molecule has 1 aliphatic carbocycles. The standard InChI is InChI=1S/C20H35BFNO7.C10H15FO3.C6H12BO2.CH4/c1-17(2,3)28-16(26)23-12-13(24)20(22,14(23)15(25)27-8)10-9-11-21-29-18(4,5)19(6,7)30-21;1-3-6-10(11)7(9(13)14-2)4-5-8(10)12;1-5(2)6(3,4)9-7-8-5;/h13-14,24H,9-12H2,1-8H3;3,7-8,12H,1,4-6H2,2H3;1-4H3;1H4/t13-,14-,20+;7-,8-,10-;;/m11../s1. The number of aliphatic hydroxyl groups is 2. The van der Waals surface area contributed by atoms with Gasteiger partial charge in [0.2, 0.25) is 0 Å². The van der Waals surface area contributed by atoms with Gasteiger partial charge in [0.15, 0.2) is 17.4 Å². The van der Waals surface area contributed by atoms with Crippen molar-refractivity contribution >= 4 is 32.8 Å². The molecule has 3 aliphatic heterocycles. The summed E-state index contributed by atoms with van der Waals surface area (Å²) in [5.41, 5.74) is -6.47. The molecule has 0 unspecified atom stereocenters. The average molecular weight is 777 g/mol. The number of halogens is 2. The number of nitrogens with zero attached hydrogens (tertiary/aromatic N) is 1. The molecule has 4 aliphatic rings. The number of allylic oxidation sites excluding steroid dienone is 1. The van der Waals surface area contributed by atoms with Gasteiger partial charge in [0.1, 0.15) is 11.7 Å². The monoisotopic (exact) mass is 776 g/mol. The molecule has 311 valence electrons. The second-order valence-corrected chi connectivity index (χ2v) is 17.0. The fourth-order valence-electron chi connectivity index (χ4n) is 6.29. The number of methoxy groups -OCH3 is 2. The lowest BCUT2D eigenvalue weighted by Gasteiger charge is -2.32. The minimum Gasteiger partial charge on any atom is -0.469 e. The Morgan fingerprint density at radius 3 is 1.78 bits per heavy atom. The Kier molecular flexibility index (Phi) is 16.9. The highest BCUT2D eigenvalue weighted by atomic mass is 19.1. The number of amides is 1. The van der Waals surface area contributed by atoms with Crippen LogP contribution in [0.15, 0.2) is 12.7 Å². The number of likely N-dealkylation sites (tertiary alicyclic amines) is 1. The molecule has 0 aromatic heterocycles. The van der Waals surface area contributed by atoms with Crippen LogP contribution in [0.2, 0.25) is 6.32 Å². The van der Waals surface area contributed by atoms with Crippen LogP contribution in [0.5, 0.6) is 0 Å². The zero-order valence-electron chi connectivity index (χ0n) is 33.9. The van der Waals surface area contributed by atoms with Crippen LogP contribution in [0.25, 0.3) is 0 Å². The third kappa shape index (κ3) is 11.2. The van der Waals surface area contributed by atoms with Crippen molar-refractivity contribution in [3.05, 3.63) is 12.7 Å². The van der Waals surface area contributed by atoms with E-state index in [9.17, 15) is 29.0 Å². The maximum Gasteiger partial charge on any atom is 0.488 e. The molecular formula is C37H66B2F2NO12. The van der Waals surface area contributed by atoms with Gasteiger partial charge in [-0.05, 0) is 102 Å². The van der Waals surface area contributed by atoms with Gasteiger partial charge in [0.05, 0.1) is 55.2 Å². The number of esters is 2. The SMILES string of the molecule is C.C=CC[C@]1(F)[C@H](O)CC[C@@H]1C(=O)OC.CC1(C)O[B]OC1(C)C.COC(=O)[C@H]1N(C(=O)OC(C)(C)C)C[C@@H](O)[C@@]1(F)CCCB1OC(C)(C)C(C)(C)O1. The van der Waals surface area contributed by atoms with E-state index in [0.717, 1.165) is 12.0 Å². The second kappa shape index (κ2) is 18.3. The van der Waals surface area contributed by atoms with E-state index in [4.69, 9.17) is 28.1 Å². The van der Waals surface area contributed by atoms with Crippen LogP contribution in [-0.4, -0.2) is 126 Å². The van der Waals surface area contributed by atoms with Gasteiger partial charge in [-0.1, -0.05) is 19.9 Å². The van der Waals surface area contributed by atoms with Crippen LogP contribution in [-0.2, 0) is 42.4 Å². The van der Waals surface area contributed by atoms with Gasteiger partial charge in [-0.15, -0.1) is 6.58 Å². The second-order valence-electron chi connectivity index (χ2n) is 17.0. The van der Waals surface area contributed by atoms with Crippen molar-refractivity contribution in [3.8, 4) is 0 Å². The van der Waals surface area contributed by atoms with E-state index in [1.807, 2.05) is 55.4 Å². The van der Waals surface area contributed by atoms with Crippen LogP contribution in [0.3, 0.4) is 0 Å². The molecule has 1 radical (unpaired) electrons. The zero-order valence-corrected chi connectivity index (χ0v) is 33.9. The average Bonchev–Trinajstić information content (AvgIpc) is 3.63. The Labute approximate surface area is 322 Å². The number of alkyl halides is 2. The summed E-state index contributed by atoms with van der Waals surface area (Å²) >= 11 is 0. The molecule has 2 N–H and O–H groups in total. The Morgan fingerprint density at radius 2 is 1.37 bits per heavy atom. The van der Waals surface area contributed by atoms with Crippen LogP contribution in [0, 0.1) is 5.92 Å². The first-order valence-electron chi connectivity index (χ1n) is 18.1. The van der Waals surface area contributed by atoms with Gasteiger partial charge in [-0.2, -0.15) is 0 Å². The maximum absolute atomic E-state index is 15.9. The Hall–Kier alpha value is -2.30. The van der Waals surface area contributed by atoms with Crippen molar-refractivity contribution in [1.29, 1.82) is 0 Å². The largest absolute Gasteiger partial charge is 0.488 e. The number of rotatable bonds is 8. The normalized spacial score (nSPS) is 31.4. The van der Waals surface area contributed by atoms with Gasteiger partial charge in [-0.3, -0.25) is 9.69 Å². The number of carbonyl (C=O) groups is 3. The fourth-order valence-corrected chi connectivity index (χ4v) is 6.29. The summed E-state index contributed by atoms with van der Waals surface area (Å²) < 4.78 is 66.9. The van der Waals surface area contributed by atoms with E-state index < -0.39 is 77.5 Å². The summed E-state index contributed by atoms with van der Waals surface area (Å²) in [4.78, 5) is 37.1. The van der Waals surface area contributed by atoms with Crippen molar-refractivity contribution in [1.82, 2.24) is 4.90 Å². The first-order chi connectivity index (χ1) is 24.1. The third-order valence-electron chi connectivity index (χ3n) is 11.0. The number of hydrogen-bond acceptors (Lipinski definition) is 12. The summed E-state index contributed by atoms with van der Waals surface area (Å²) in [6.45, 7) is 23.8. The number of β-amino-alcohol motifs (C(OH)–C–C–N with tert-alkyl or cyclic N) is 1. The Morgan fingerprint density at radius 1 is 0.870 bits per heavy atom. The first kappa shape index (κ1) is 49.7. The van der Waals surface area contributed by atoms with E-state index in [2.05, 4.69) is 11.3 Å². The minimum atomic E-state index is -2.37. The molecule has 0 aromatic rings. The summed E-state index contributed by atoms with van der Waals surface area (Å²) in [5.74, 6) is -2.39. The topological polar surface area (TPSA) is 160 Å². The lowest BCUT2D eigenvalue weighted by molar-refractivity contribution is -0.152. The molecule has 17 heteroatoms. The van der Waals surface area contributed by atoms with Crippen LogP contribution < -0.4 is 0 Å². The molecule has 13 nitrogen and oxygen atoms in total. The van der Waals surface area contributed by atoms with E-state index in [1.54, 1.807) is 20.8 Å². The fraction of sp³-hybridized carbons (Fsp3) is 0.865. The summed E-state index contributed by atoms with van der Waals surface area (Å²) in [6.07, 6.45) is -1.04. The molecule has 4 rings (SSSR count). The van der Waals surface area contributed by atoms with E-state index in [-0.39, 0.29) is 44.4 Å². The van der Waals surface area contributed by atoms with Crippen LogP contribution in [0.4, 0.5) is 13.6 Å². The molecule has 3 heterocycles. The van der Waals surface area contributed by atoms with E-state index in [1.165, 1.54) is 20.9 Å². The van der Waals surface area contributed by atoms with Crippen LogP contribution in [0.1, 0.15) is 116 Å². The van der Waals surface area contributed by atoms with Gasteiger partial charge >= 0.3 is 32.8 Å². The predicted molar refractivity (Wildman–Crippen MR) is 201 cm³/mol. The van der Waals surface area contributed by atoms with Crippen molar-refractivity contribution in [2.75, 3.05) is 20.8 Å². The molecular weight excluding hydrogens is 710 g/mol. The Bertz CT molecular complexity index is 1270. The highest BCUT2D eigenvalue weighted by Crippen LogP contribution is 2.43. The zero-order chi connectivity index (χ0) is 41.0. The summed E-state index contributed by atoms with van der Waals surface area (Å²) in [6, 6.07) is -1.59. The summed E-state index contributed by atoms with van der Waals surface area (Å²) in [7, 11) is 3.24. The lowest BCUT2D eigenvalue weighted by Crippen LogP contribution is -2.53. The van der Waals surface area contributed by atoms with Crippen molar-refractivity contribution in [3.63, 3.8) is 0 Å². The van der Waals surface area contributed by atoms with E-state index >= 15 is 4.39 Å². The molecule has 4 fully saturated rings. The minimum absolute atomic E-state index is 0. The molecule has 0 spiro atoms.